The molecule has 4 atom stereocenters. The van der Waals surface area contributed by atoms with Gasteiger partial charge in [-0.15, -0.1) is 0 Å². The highest BCUT2D eigenvalue weighted by molar-refractivity contribution is 5.37. The summed E-state index contributed by atoms with van der Waals surface area (Å²) in [4.78, 5) is 0. The van der Waals surface area contributed by atoms with Crippen molar-refractivity contribution in [3.63, 3.8) is 0 Å². The summed E-state index contributed by atoms with van der Waals surface area (Å²) in [5.41, 5.74) is 5.12. The molecule has 0 amide bonds. The van der Waals surface area contributed by atoms with Crippen LogP contribution in [0.5, 0.6) is 0 Å². The fraction of sp³-hybridized carbons (Fsp3) is 0.714. The van der Waals surface area contributed by atoms with Crippen molar-refractivity contribution in [1.29, 1.82) is 0 Å². The van der Waals surface area contributed by atoms with E-state index in [2.05, 4.69) is 20.4 Å². The van der Waals surface area contributed by atoms with Crippen molar-refractivity contribution in [3.8, 4) is 0 Å². The minimum Gasteiger partial charge on any atom is -0.0992 e. The second kappa shape index (κ2) is 2.74. The predicted octanol–water partition coefficient (Wildman–Crippen LogP) is 4.19. The standard InChI is InChI=1S/C14H20.H2/c1-8-4-7-12-10(3)14(12)13-9(2)5-6-11(8)13;/h9,12-14H,3-7H2,1-2H3;1H/t9-,12+,13-,14?;/m1./s1. The van der Waals surface area contributed by atoms with Crippen LogP contribution < -0.4 is 0 Å². The summed E-state index contributed by atoms with van der Waals surface area (Å²) in [6.45, 7) is 9.06. The van der Waals surface area contributed by atoms with Crippen LogP contribution in [0.1, 0.15) is 41.0 Å². The Morgan fingerprint density at radius 2 is 2.00 bits per heavy atom. The van der Waals surface area contributed by atoms with E-state index in [1.54, 1.807) is 11.1 Å². The van der Waals surface area contributed by atoms with Crippen LogP contribution in [0.2, 0.25) is 0 Å². The summed E-state index contributed by atoms with van der Waals surface area (Å²) in [5.74, 6) is 3.60. The van der Waals surface area contributed by atoms with E-state index in [9.17, 15) is 0 Å². The molecule has 0 heterocycles. The first-order valence-electron chi connectivity index (χ1n) is 6.07. The zero-order chi connectivity index (χ0) is 9.87. The van der Waals surface area contributed by atoms with E-state index in [-0.39, 0.29) is 1.43 Å². The van der Waals surface area contributed by atoms with Crippen LogP contribution in [0.3, 0.4) is 0 Å². The van der Waals surface area contributed by atoms with Crippen molar-refractivity contribution < 1.29 is 1.43 Å². The van der Waals surface area contributed by atoms with Crippen molar-refractivity contribution >= 4 is 0 Å². The Hall–Kier alpha value is -0.520. The molecule has 1 unspecified atom stereocenters. The first-order chi connectivity index (χ1) is 6.70. The van der Waals surface area contributed by atoms with Crippen LogP contribution >= 0.6 is 0 Å². The molecule has 3 rings (SSSR count). The maximum atomic E-state index is 4.25. The van der Waals surface area contributed by atoms with Crippen LogP contribution in [0.15, 0.2) is 23.3 Å². The van der Waals surface area contributed by atoms with Crippen LogP contribution in [0.25, 0.3) is 0 Å². The molecule has 0 N–H and O–H groups in total. The lowest BCUT2D eigenvalue weighted by Gasteiger charge is -2.17. The fourth-order valence-corrected chi connectivity index (χ4v) is 3.92. The Morgan fingerprint density at radius 3 is 2.79 bits per heavy atom. The van der Waals surface area contributed by atoms with Crippen molar-refractivity contribution in [2.75, 3.05) is 0 Å². The van der Waals surface area contributed by atoms with Crippen molar-refractivity contribution in [2.45, 2.75) is 39.5 Å². The minimum absolute atomic E-state index is 0. The van der Waals surface area contributed by atoms with Gasteiger partial charge >= 0.3 is 0 Å². The number of hydrogen-bond acceptors (Lipinski definition) is 0. The van der Waals surface area contributed by atoms with E-state index in [0.717, 1.165) is 23.7 Å². The first-order valence-corrected chi connectivity index (χ1v) is 6.07. The maximum Gasteiger partial charge on any atom is 0 e. The van der Waals surface area contributed by atoms with E-state index in [4.69, 9.17) is 0 Å². The van der Waals surface area contributed by atoms with Gasteiger partial charge in [-0.1, -0.05) is 30.2 Å². The number of rotatable bonds is 0. The number of hydrogen-bond donors (Lipinski definition) is 0. The molecular formula is C14H22. The van der Waals surface area contributed by atoms with Crippen LogP contribution in [0, 0.1) is 23.7 Å². The van der Waals surface area contributed by atoms with Crippen LogP contribution in [0.4, 0.5) is 0 Å². The summed E-state index contributed by atoms with van der Waals surface area (Å²) in [7, 11) is 0. The van der Waals surface area contributed by atoms with E-state index in [0.29, 0.717) is 0 Å². The SMILES string of the molecule is C=C1C2[C@H]3C(=C(C)CC[C@@H]12)CC[C@H]3C.[HH]. The molecule has 2 saturated carbocycles. The lowest BCUT2D eigenvalue weighted by atomic mass is 9.88. The highest BCUT2D eigenvalue weighted by atomic mass is 14.6. The fourth-order valence-electron chi connectivity index (χ4n) is 3.92. The molecule has 0 spiro atoms. The quantitative estimate of drug-likeness (QED) is 0.502. The Balaban J connectivity index is 0.000000853. The molecule has 78 valence electrons. The first kappa shape index (κ1) is 8.76. The number of fused-ring (bicyclic) bond motifs is 3. The summed E-state index contributed by atoms with van der Waals surface area (Å²) in [6, 6.07) is 0. The molecule has 3 aliphatic rings. The number of allylic oxidation sites excluding steroid dienone is 3. The van der Waals surface area contributed by atoms with Gasteiger partial charge in [-0.3, -0.25) is 0 Å². The molecule has 0 aromatic heterocycles. The van der Waals surface area contributed by atoms with Gasteiger partial charge in [-0.05, 0) is 56.3 Å². The lowest BCUT2D eigenvalue weighted by molar-refractivity contribution is 0.400. The highest BCUT2D eigenvalue weighted by Gasteiger charge is 2.52. The van der Waals surface area contributed by atoms with Crippen LogP contribution in [-0.4, -0.2) is 0 Å². The summed E-state index contributed by atoms with van der Waals surface area (Å²) >= 11 is 0. The van der Waals surface area contributed by atoms with Gasteiger partial charge in [0.1, 0.15) is 0 Å². The average molecular weight is 190 g/mol. The van der Waals surface area contributed by atoms with Crippen molar-refractivity contribution in [2.24, 2.45) is 23.7 Å². The molecular weight excluding hydrogens is 168 g/mol. The van der Waals surface area contributed by atoms with Gasteiger partial charge in [-0.2, -0.15) is 0 Å². The van der Waals surface area contributed by atoms with Gasteiger partial charge in [-0.25, -0.2) is 0 Å². The van der Waals surface area contributed by atoms with E-state index >= 15 is 0 Å². The van der Waals surface area contributed by atoms with Gasteiger partial charge in [0.2, 0.25) is 0 Å². The highest BCUT2D eigenvalue weighted by Crippen LogP contribution is 2.61. The topological polar surface area (TPSA) is 0 Å². The van der Waals surface area contributed by atoms with Crippen LogP contribution in [-0.2, 0) is 0 Å². The molecule has 2 fully saturated rings. The second-order valence-electron chi connectivity index (χ2n) is 5.59. The largest absolute Gasteiger partial charge is 0.0992 e. The van der Waals surface area contributed by atoms with E-state index < -0.39 is 0 Å². The third kappa shape index (κ3) is 1.00. The molecule has 0 nitrogen and oxygen atoms in total. The normalized spacial score (nSPS) is 46.0. The third-order valence-corrected chi connectivity index (χ3v) is 4.88. The molecule has 3 aliphatic carbocycles. The maximum absolute atomic E-state index is 4.25. The van der Waals surface area contributed by atoms with Gasteiger partial charge < -0.3 is 0 Å². The predicted molar refractivity (Wildman–Crippen MR) is 62.1 cm³/mol. The molecule has 0 aromatic carbocycles. The summed E-state index contributed by atoms with van der Waals surface area (Å²) < 4.78 is 0. The Kier molecular flexibility index (Phi) is 1.72. The molecule has 0 aromatic rings. The zero-order valence-corrected chi connectivity index (χ0v) is 9.34. The Morgan fingerprint density at radius 1 is 1.21 bits per heavy atom. The molecule has 0 saturated heterocycles. The summed E-state index contributed by atoms with van der Waals surface area (Å²) in [5, 5.41) is 0. The minimum atomic E-state index is 0. The molecule has 0 heteroatoms. The van der Waals surface area contributed by atoms with Gasteiger partial charge in [0, 0.05) is 1.43 Å². The van der Waals surface area contributed by atoms with Crippen molar-refractivity contribution in [3.05, 3.63) is 23.3 Å². The second-order valence-corrected chi connectivity index (χ2v) is 5.59. The van der Waals surface area contributed by atoms with Gasteiger partial charge in [0.15, 0.2) is 0 Å². The molecule has 14 heavy (non-hydrogen) atoms. The zero-order valence-electron chi connectivity index (χ0n) is 9.34. The third-order valence-electron chi connectivity index (χ3n) is 4.88. The van der Waals surface area contributed by atoms with E-state index in [1.807, 2.05) is 5.57 Å². The monoisotopic (exact) mass is 190 g/mol. The average Bonchev–Trinajstić information content (AvgIpc) is 2.67. The summed E-state index contributed by atoms with van der Waals surface area (Å²) in [6.07, 6.45) is 5.54. The molecule has 0 bridgehead atoms. The van der Waals surface area contributed by atoms with Gasteiger partial charge in [0.25, 0.3) is 0 Å². The molecule has 0 aliphatic heterocycles. The smallest absolute Gasteiger partial charge is 0 e. The van der Waals surface area contributed by atoms with Crippen molar-refractivity contribution in [1.82, 2.24) is 0 Å². The van der Waals surface area contributed by atoms with E-state index in [1.165, 1.54) is 25.7 Å². The lowest BCUT2D eigenvalue weighted by Crippen LogP contribution is -2.09. The Labute approximate surface area is 88.6 Å². The Bertz CT molecular complexity index is 326. The van der Waals surface area contributed by atoms with Gasteiger partial charge in [0.05, 0.1) is 0 Å². The molecule has 0 radical (unpaired) electrons.